The first-order chi connectivity index (χ1) is 15.4. The lowest BCUT2D eigenvalue weighted by molar-refractivity contribution is -0.137. The maximum Gasteiger partial charge on any atom is 0.416 e. The summed E-state index contributed by atoms with van der Waals surface area (Å²) < 4.78 is 45.1. The average Bonchev–Trinajstić information content (AvgIpc) is 3.55. The van der Waals surface area contributed by atoms with Gasteiger partial charge in [0.2, 0.25) is 11.8 Å². The lowest BCUT2D eigenvalue weighted by atomic mass is 10.1. The molecule has 1 saturated carbocycles. The molecule has 0 radical (unpaired) electrons. The molecule has 2 aliphatic heterocycles. The number of alkyl halides is 3. The molecule has 1 aliphatic carbocycles. The molecule has 2 saturated heterocycles. The highest BCUT2D eigenvalue weighted by Gasteiger charge is 2.41. The number of carbonyl (C=O) groups excluding carboxylic acids is 1. The van der Waals surface area contributed by atoms with Crippen molar-refractivity contribution in [3.05, 3.63) is 53.5 Å². The second kappa shape index (κ2) is 8.35. The molecule has 0 bridgehead atoms. The largest absolute Gasteiger partial charge is 0.472 e. The Kier molecular flexibility index (Phi) is 5.53. The van der Waals surface area contributed by atoms with E-state index < -0.39 is 11.7 Å². The molecule has 9 heteroatoms. The van der Waals surface area contributed by atoms with Gasteiger partial charge in [-0.3, -0.25) is 14.7 Å². The summed E-state index contributed by atoms with van der Waals surface area (Å²) in [6.45, 7) is 2.08. The van der Waals surface area contributed by atoms with Gasteiger partial charge in [0.15, 0.2) is 0 Å². The van der Waals surface area contributed by atoms with Crippen LogP contribution in [0, 0.1) is 0 Å². The van der Waals surface area contributed by atoms with E-state index in [0.717, 1.165) is 43.6 Å². The van der Waals surface area contributed by atoms with Crippen molar-refractivity contribution in [3.8, 4) is 5.88 Å². The first kappa shape index (κ1) is 21.2. The topological polar surface area (TPSA) is 58.6 Å². The number of halogens is 3. The molecule has 5 rings (SSSR count). The molecule has 3 aliphatic rings. The quantitative estimate of drug-likeness (QED) is 0.702. The Bertz CT molecular complexity index is 978. The second-order valence-electron chi connectivity index (χ2n) is 8.85. The van der Waals surface area contributed by atoms with E-state index in [1.54, 1.807) is 23.4 Å². The van der Waals surface area contributed by atoms with Gasteiger partial charge in [0.1, 0.15) is 6.10 Å². The number of hydrogen-bond donors (Lipinski definition) is 0. The maximum atomic E-state index is 13.2. The Hall–Kier alpha value is -2.68. The van der Waals surface area contributed by atoms with Gasteiger partial charge in [-0.1, -0.05) is 12.1 Å². The van der Waals surface area contributed by atoms with Crippen molar-refractivity contribution in [3.63, 3.8) is 0 Å². The van der Waals surface area contributed by atoms with Gasteiger partial charge in [-0.2, -0.15) is 13.2 Å². The predicted octanol–water partition coefficient (Wildman–Crippen LogP) is 3.63. The maximum absolute atomic E-state index is 13.2. The Morgan fingerprint density at radius 3 is 2.69 bits per heavy atom. The zero-order valence-electron chi connectivity index (χ0n) is 17.6. The molecule has 170 valence electrons. The summed E-state index contributed by atoms with van der Waals surface area (Å²) in [5, 5.41) is 0. The molecular weight excluding hydrogens is 421 g/mol. The monoisotopic (exact) mass is 446 g/mol. The van der Waals surface area contributed by atoms with Crippen LogP contribution in [-0.2, 0) is 17.5 Å². The molecule has 0 N–H and O–H groups in total. The summed E-state index contributed by atoms with van der Waals surface area (Å²) in [6, 6.07) is 4.87. The summed E-state index contributed by atoms with van der Waals surface area (Å²) in [5.41, 5.74) is 0.790. The summed E-state index contributed by atoms with van der Waals surface area (Å²) in [4.78, 5) is 25.8. The van der Waals surface area contributed by atoms with Crippen molar-refractivity contribution >= 4 is 5.91 Å². The first-order valence-electron chi connectivity index (χ1n) is 11.0. The number of ether oxygens (including phenoxy) is 1. The van der Waals surface area contributed by atoms with Gasteiger partial charge in [0.05, 0.1) is 29.7 Å². The smallest absolute Gasteiger partial charge is 0.416 e. The third-order valence-corrected chi connectivity index (χ3v) is 6.39. The van der Waals surface area contributed by atoms with Crippen LogP contribution in [0.3, 0.4) is 0 Å². The first-order valence-corrected chi connectivity index (χ1v) is 11.0. The van der Waals surface area contributed by atoms with Gasteiger partial charge in [-0.05, 0) is 37.0 Å². The van der Waals surface area contributed by atoms with Crippen LogP contribution in [0.4, 0.5) is 13.2 Å². The van der Waals surface area contributed by atoms with E-state index in [9.17, 15) is 18.0 Å². The lowest BCUT2D eigenvalue weighted by Crippen LogP contribution is -2.42. The van der Waals surface area contributed by atoms with Crippen molar-refractivity contribution in [2.75, 3.05) is 19.6 Å². The Morgan fingerprint density at radius 2 is 1.97 bits per heavy atom. The standard InChI is InChI=1S/C23H25F3N4O2/c24-23(25,26)17-4-1-3-15(9-17)13-30-8-2-7-29-14-18(10-20(29)22(30)31)32-21-12-27-19(11-28-21)16-5-6-16/h1,3-4,9,11-12,16,18,20H,2,5-8,10,13-14H2/t18-,20+/m0/s1. The fraction of sp³-hybridized carbons (Fsp3) is 0.522. The number of carbonyl (C=O) groups is 1. The summed E-state index contributed by atoms with van der Waals surface area (Å²) in [5.74, 6) is 0.938. The third kappa shape index (κ3) is 4.57. The van der Waals surface area contributed by atoms with Crippen molar-refractivity contribution in [1.29, 1.82) is 0 Å². The molecule has 32 heavy (non-hydrogen) atoms. The molecule has 2 aromatic rings. The van der Waals surface area contributed by atoms with Crippen molar-refractivity contribution < 1.29 is 22.7 Å². The highest BCUT2D eigenvalue weighted by molar-refractivity contribution is 5.82. The third-order valence-electron chi connectivity index (χ3n) is 6.39. The van der Waals surface area contributed by atoms with Crippen LogP contribution in [-0.4, -0.2) is 57.5 Å². The van der Waals surface area contributed by atoms with Gasteiger partial charge in [0, 0.05) is 38.5 Å². The van der Waals surface area contributed by atoms with Crippen molar-refractivity contribution in [2.24, 2.45) is 0 Å². The number of aromatic nitrogens is 2. The van der Waals surface area contributed by atoms with Gasteiger partial charge in [-0.15, -0.1) is 0 Å². The number of hydrogen-bond acceptors (Lipinski definition) is 5. The molecule has 3 fully saturated rings. The Balaban J connectivity index is 1.23. The van der Waals surface area contributed by atoms with Crippen LogP contribution < -0.4 is 4.74 Å². The molecule has 0 spiro atoms. The molecule has 2 atom stereocenters. The summed E-state index contributed by atoms with van der Waals surface area (Å²) in [7, 11) is 0. The molecule has 0 unspecified atom stereocenters. The highest BCUT2D eigenvalue weighted by atomic mass is 19.4. The van der Waals surface area contributed by atoms with E-state index in [0.29, 0.717) is 36.9 Å². The van der Waals surface area contributed by atoms with Crippen LogP contribution >= 0.6 is 0 Å². The average molecular weight is 446 g/mol. The zero-order valence-corrected chi connectivity index (χ0v) is 17.6. The molecular formula is C23H25F3N4O2. The van der Waals surface area contributed by atoms with Crippen LogP contribution in [0.5, 0.6) is 5.88 Å². The molecule has 6 nitrogen and oxygen atoms in total. The van der Waals surface area contributed by atoms with Gasteiger partial charge < -0.3 is 9.64 Å². The van der Waals surface area contributed by atoms with E-state index in [1.807, 2.05) is 0 Å². The van der Waals surface area contributed by atoms with E-state index >= 15 is 0 Å². The van der Waals surface area contributed by atoms with Crippen LogP contribution in [0.1, 0.15) is 48.4 Å². The van der Waals surface area contributed by atoms with Gasteiger partial charge in [-0.25, -0.2) is 4.98 Å². The molecule has 1 aromatic heterocycles. The van der Waals surface area contributed by atoms with E-state index in [-0.39, 0.29) is 24.6 Å². The summed E-state index contributed by atoms with van der Waals surface area (Å²) in [6.07, 6.45) is 2.47. The normalized spacial score (nSPS) is 24.3. The highest BCUT2D eigenvalue weighted by Crippen LogP contribution is 2.38. The molecule has 3 heterocycles. The number of rotatable bonds is 5. The number of benzene rings is 1. The van der Waals surface area contributed by atoms with Crippen LogP contribution in [0.2, 0.25) is 0 Å². The molecule has 1 amide bonds. The van der Waals surface area contributed by atoms with Crippen molar-refractivity contribution in [1.82, 2.24) is 19.8 Å². The lowest BCUT2D eigenvalue weighted by Gasteiger charge is -2.25. The number of nitrogens with zero attached hydrogens (tertiary/aromatic N) is 4. The van der Waals surface area contributed by atoms with Gasteiger partial charge >= 0.3 is 6.18 Å². The zero-order chi connectivity index (χ0) is 22.3. The predicted molar refractivity (Wildman–Crippen MR) is 110 cm³/mol. The minimum Gasteiger partial charge on any atom is -0.472 e. The minimum atomic E-state index is -4.40. The van der Waals surface area contributed by atoms with Crippen LogP contribution in [0.25, 0.3) is 0 Å². The SMILES string of the molecule is O=C1[C@H]2C[C@H](Oc3cnc(C4CC4)cn3)CN2CCCN1Cc1cccc(C(F)(F)F)c1. The fourth-order valence-corrected chi connectivity index (χ4v) is 4.61. The van der Waals surface area contributed by atoms with E-state index in [2.05, 4.69) is 14.9 Å². The van der Waals surface area contributed by atoms with E-state index in [4.69, 9.17) is 4.74 Å². The van der Waals surface area contributed by atoms with E-state index in [1.165, 1.54) is 6.07 Å². The van der Waals surface area contributed by atoms with Crippen molar-refractivity contribution in [2.45, 2.75) is 56.5 Å². The summed E-state index contributed by atoms with van der Waals surface area (Å²) >= 11 is 0. The second-order valence-corrected chi connectivity index (χ2v) is 8.85. The number of amides is 1. The van der Waals surface area contributed by atoms with Crippen LogP contribution in [0.15, 0.2) is 36.7 Å². The van der Waals surface area contributed by atoms with Gasteiger partial charge in [0.25, 0.3) is 0 Å². The Morgan fingerprint density at radius 1 is 1.12 bits per heavy atom. The Labute approximate surface area is 184 Å². The fourth-order valence-electron chi connectivity index (χ4n) is 4.61. The minimum absolute atomic E-state index is 0.0545. The molecule has 1 aromatic carbocycles. The number of fused-ring (bicyclic) bond motifs is 1.